The molecule has 0 amide bonds. The molecule has 0 radical (unpaired) electrons. The van der Waals surface area contributed by atoms with Crippen LogP contribution < -0.4 is 4.90 Å². The Morgan fingerprint density at radius 3 is 3.06 bits per heavy atom. The average Bonchev–Trinajstić information content (AvgIpc) is 2.29. The van der Waals surface area contributed by atoms with E-state index in [1.54, 1.807) is 12.1 Å². The van der Waals surface area contributed by atoms with Crippen LogP contribution in [-0.2, 0) is 4.74 Å². The average molecular weight is 220 g/mol. The minimum absolute atomic E-state index is 0.122. The fourth-order valence-electron chi connectivity index (χ4n) is 1.95. The van der Waals surface area contributed by atoms with Crippen molar-refractivity contribution in [3.05, 3.63) is 29.6 Å². The van der Waals surface area contributed by atoms with Crippen molar-refractivity contribution in [3.8, 4) is 6.07 Å². The summed E-state index contributed by atoms with van der Waals surface area (Å²) in [4.78, 5) is 2.02. The largest absolute Gasteiger partial charge is 0.377 e. The summed E-state index contributed by atoms with van der Waals surface area (Å²) < 4.78 is 18.8. The second kappa shape index (κ2) is 4.50. The van der Waals surface area contributed by atoms with Crippen molar-refractivity contribution >= 4 is 5.69 Å². The van der Waals surface area contributed by atoms with E-state index >= 15 is 0 Å². The fraction of sp³-hybridized carbons (Fsp3) is 0.417. The lowest BCUT2D eigenvalue weighted by Gasteiger charge is -2.35. The van der Waals surface area contributed by atoms with Crippen LogP contribution in [0.1, 0.15) is 12.5 Å². The Balaban J connectivity index is 2.39. The van der Waals surface area contributed by atoms with Crippen molar-refractivity contribution in [2.75, 3.05) is 24.7 Å². The van der Waals surface area contributed by atoms with E-state index in [0.717, 1.165) is 0 Å². The van der Waals surface area contributed by atoms with Crippen LogP contribution >= 0.6 is 0 Å². The Morgan fingerprint density at radius 2 is 2.38 bits per heavy atom. The molecule has 1 saturated heterocycles. The molecular formula is C12H13FN2O. The number of ether oxygens (including phenoxy) is 1. The summed E-state index contributed by atoms with van der Waals surface area (Å²) in [7, 11) is 0. The molecule has 1 unspecified atom stereocenters. The zero-order valence-corrected chi connectivity index (χ0v) is 9.11. The van der Waals surface area contributed by atoms with Crippen LogP contribution in [0.4, 0.5) is 10.1 Å². The molecule has 0 bridgehead atoms. The number of benzene rings is 1. The van der Waals surface area contributed by atoms with Crippen molar-refractivity contribution in [2.45, 2.75) is 13.0 Å². The smallest absolute Gasteiger partial charge is 0.143 e. The lowest BCUT2D eigenvalue weighted by molar-refractivity contribution is 0.0989. The molecule has 2 rings (SSSR count). The van der Waals surface area contributed by atoms with Gasteiger partial charge in [0, 0.05) is 12.6 Å². The van der Waals surface area contributed by atoms with Crippen molar-refractivity contribution in [2.24, 2.45) is 0 Å². The molecule has 3 nitrogen and oxygen atoms in total. The van der Waals surface area contributed by atoms with Crippen LogP contribution in [0.2, 0.25) is 0 Å². The van der Waals surface area contributed by atoms with Gasteiger partial charge in [0.1, 0.15) is 17.4 Å². The summed E-state index contributed by atoms with van der Waals surface area (Å²) in [6.45, 7) is 3.93. The summed E-state index contributed by atoms with van der Waals surface area (Å²) in [5.41, 5.74) is 0.787. The monoisotopic (exact) mass is 220 g/mol. The lowest BCUT2D eigenvalue weighted by Crippen LogP contribution is -2.44. The summed E-state index contributed by atoms with van der Waals surface area (Å²) in [5, 5.41) is 8.97. The Kier molecular flexibility index (Phi) is 3.07. The van der Waals surface area contributed by atoms with Gasteiger partial charge in [-0.05, 0) is 19.1 Å². The molecule has 1 heterocycles. The number of rotatable bonds is 1. The van der Waals surface area contributed by atoms with Gasteiger partial charge in [-0.3, -0.25) is 0 Å². The van der Waals surface area contributed by atoms with Crippen LogP contribution in [0, 0.1) is 17.1 Å². The van der Waals surface area contributed by atoms with E-state index in [-0.39, 0.29) is 11.6 Å². The van der Waals surface area contributed by atoms with Gasteiger partial charge in [0.05, 0.1) is 18.9 Å². The normalized spacial score (nSPS) is 20.6. The zero-order chi connectivity index (χ0) is 11.5. The number of nitriles is 1. The van der Waals surface area contributed by atoms with Gasteiger partial charge in [-0.15, -0.1) is 0 Å². The van der Waals surface area contributed by atoms with Crippen molar-refractivity contribution in [1.82, 2.24) is 0 Å². The molecule has 1 aromatic rings. The molecule has 4 heteroatoms. The van der Waals surface area contributed by atoms with E-state index in [4.69, 9.17) is 10.00 Å². The maximum absolute atomic E-state index is 13.5. The van der Waals surface area contributed by atoms with Gasteiger partial charge in [-0.1, -0.05) is 6.07 Å². The van der Waals surface area contributed by atoms with Crippen LogP contribution in [0.5, 0.6) is 0 Å². The van der Waals surface area contributed by atoms with Gasteiger partial charge in [-0.2, -0.15) is 5.26 Å². The highest BCUT2D eigenvalue weighted by molar-refractivity contribution is 5.60. The van der Waals surface area contributed by atoms with Gasteiger partial charge < -0.3 is 9.64 Å². The van der Waals surface area contributed by atoms with Crippen LogP contribution in [0.15, 0.2) is 18.2 Å². The maximum Gasteiger partial charge on any atom is 0.143 e. The highest BCUT2D eigenvalue weighted by Crippen LogP contribution is 2.25. The topological polar surface area (TPSA) is 36.3 Å². The van der Waals surface area contributed by atoms with E-state index in [9.17, 15) is 4.39 Å². The van der Waals surface area contributed by atoms with Gasteiger partial charge in [0.2, 0.25) is 0 Å². The van der Waals surface area contributed by atoms with Crippen LogP contribution in [-0.4, -0.2) is 25.8 Å². The molecule has 0 saturated carbocycles. The second-order valence-corrected chi connectivity index (χ2v) is 3.86. The van der Waals surface area contributed by atoms with Crippen molar-refractivity contribution in [1.29, 1.82) is 5.26 Å². The number of anilines is 1. The molecule has 1 aliphatic heterocycles. The fourth-order valence-corrected chi connectivity index (χ4v) is 1.95. The molecule has 16 heavy (non-hydrogen) atoms. The summed E-state index contributed by atoms with van der Waals surface area (Å²) in [6.07, 6.45) is 0. The highest BCUT2D eigenvalue weighted by Gasteiger charge is 2.22. The molecule has 0 N–H and O–H groups in total. The third-order valence-corrected chi connectivity index (χ3v) is 2.78. The van der Waals surface area contributed by atoms with Gasteiger partial charge in [-0.25, -0.2) is 4.39 Å². The van der Waals surface area contributed by atoms with Crippen molar-refractivity contribution < 1.29 is 9.13 Å². The number of hydrogen-bond acceptors (Lipinski definition) is 3. The molecule has 0 aliphatic carbocycles. The molecule has 1 fully saturated rings. The summed E-state index contributed by atoms with van der Waals surface area (Å²) in [6, 6.07) is 6.82. The zero-order valence-electron chi connectivity index (χ0n) is 9.11. The quantitative estimate of drug-likeness (QED) is 0.725. The molecule has 1 aromatic carbocycles. The predicted octanol–water partition coefficient (Wildman–Crippen LogP) is 1.92. The van der Waals surface area contributed by atoms with Crippen molar-refractivity contribution in [3.63, 3.8) is 0 Å². The molecular weight excluding hydrogens is 207 g/mol. The first kappa shape index (κ1) is 10.9. The Labute approximate surface area is 94.0 Å². The molecule has 1 atom stereocenters. The SMILES string of the molecule is CC1COCCN1c1cccc(F)c1C#N. The van der Waals surface area contributed by atoms with Crippen LogP contribution in [0.25, 0.3) is 0 Å². The Hall–Kier alpha value is -1.60. The maximum atomic E-state index is 13.5. The lowest BCUT2D eigenvalue weighted by atomic mass is 10.1. The Bertz CT molecular complexity index is 428. The summed E-state index contributed by atoms with van der Waals surface area (Å²) in [5.74, 6) is -0.460. The highest BCUT2D eigenvalue weighted by atomic mass is 19.1. The number of morpholine rings is 1. The first-order valence-electron chi connectivity index (χ1n) is 5.27. The minimum Gasteiger partial charge on any atom is -0.377 e. The molecule has 84 valence electrons. The first-order chi connectivity index (χ1) is 7.74. The number of hydrogen-bond donors (Lipinski definition) is 0. The van der Waals surface area contributed by atoms with Gasteiger partial charge in [0.25, 0.3) is 0 Å². The third-order valence-electron chi connectivity index (χ3n) is 2.78. The van der Waals surface area contributed by atoms with E-state index in [2.05, 4.69) is 0 Å². The molecule has 1 aliphatic rings. The molecule has 0 aromatic heterocycles. The molecule has 0 spiro atoms. The third kappa shape index (κ3) is 1.86. The minimum atomic E-state index is -0.460. The first-order valence-corrected chi connectivity index (χ1v) is 5.27. The van der Waals surface area contributed by atoms with E-state index in [0.29, 0.717) is 25.4 Å². The summed E-state index contributed by atoms with van der Waals surface area (Å²) >= 11 is 0. The van der Waals surface area contributed by atoms with E-state index in [1.165, 1.54) is 6.07 Å². The van der Waals surface area contributed by atoms with Gasteiger partial charge in [0.15, 0.2) is 0 Å². The van der Waals surface area contributed by atoms with E-state index < -0.39 is 5.82 Å². The van der Waals surface area contributed by atoms with E-state index in [1.807, 2.05) is 17.9 Å². The number of halogens is 1. The number of nitrogens with zero attached hydrogens (tertiary/aromatic N) is 2. The standard InChI is InChI=1S/C12H13FN2O/c1-9-8-16-6-5-15(9)12-4-2-3-11(13)10(12)7-14/h2-4,9H,5-6,8H2,1H3. The second-order valence-electron chi connectivity index (χ2n) is 3.86. The van der Waals surface area contributed by atoms with Gasteiger partial charge >= 0.3 is 0 Å². The van der Waals surface area contributed by atoms with Crippen LogP contribution in [0.3, 0.4) is 0 Å². The predicted molar refractivity (Wildman–Crippen MR) is 58.7 cm³/mol. The Morgan fingerprint density at radius 1 is 1.56 bits per heavy atom.